The summed E-state index contributed by atoms with van der Waals surface area (Å²) in [5, 5.41) is 2.83. The highest BCUT2D eigenvalue weighted by molar-refractivity contribution is 7.13. The molecule has 2 nitrogen and oxygen atoms in total. The maximum absolute atomic E-state index is 11.2. The molecule has 1 aromatic carbocycles. The summed E-state index contributed by atoms with van der Waals surface area (Å²) in [4.78, 5) is 15.5. The molecular formula is C13H13NOS. The molecule has 0 radical (unpaired) electrons. The standard InChI is InChI=1S/C13H13NOS/c1-9(2)10-4-3-5-11(12(10)8-15)13-14-6-7-16-13/h3-9H,1-2H3. The zero-order valence-electron chi connectivity index (χ0n) is 9.31. The minimum absolute atomic E-state index is 0.347. The van der Waals surface area contributed by atoms with Gasteiger partial charge in [0.05, 0.1) is 0 Å². The molecule has 0 saturated carbocycles. The topological polar surface area (TPSA) is 30.0 Å². The van der Waals surface area contributed by atoms with Gasteiger partial charge in [0.2, 0.25) is 0 Å². The lowest BCUT2D eigenvalue weighted by atomic mass is 9.94. The van der Waals surface area contributed by atoms with Crippen molar-refractivity contribution < 1.29 is 4.79 Å². The number of hydrogen-bond acceptors (Lipinski definition) is 3. The van der Waals surface area contributed by atoms with Gasteiger partial charge in [0.15, 0.2) is 6.29 Å². The smallest absolute Gasteiger partial charge is 0.151 e. The Morgan fingerprint density at radius 3 is 2.75 bits per heavy atom. The number of nitrogens with zero attached hydrogens (tertiary/aromatic N) is 1. The van der Waals surface area contributed by atoms with Gasteiger partial charge in [-0.15, -0.1) is 11.3 Å². The first-order chi connectivity index (χ1) is 7.74. The van der Waals surface area contributed by atoms with Gasteiger partial charge in [-0.25, -0.2) is 4.98 Å². The van der Waals surface area contributed by atoms with Crippen LogP contribution < -0.4 is 0 Å². The number of benzene rings is 1. The molecule has 0 aliphatic rings. The van der Waals surface area contributed by atoms with Gasteiger partial charge in [0, 0.05) is 22.7 Å². The van der Waals surface area contributed by atoms with Crippen molar-refractivity contribution in [1.29, 1.82) is 0 Å². The Balaban J connectivity index is 2.62. The second-order valence-electron chi connectivity index (χ2n) is 3.92. The van der Waals surface area contributed by atoms with Gasteiger partial charge in [0.25, 0.3) is 0 Å². The van der Waals surface area contributed by atoms with E-state index in [1.54, 1.807) is 17.5 Å². The minimum Gasteiger partial charge on any atom is -0.298 e. The Bertz CT molecular complexity index is 489. The van der Waals surface area contributed by atoms with Crippen molar-refractivity contribution in [3.05, 3.63) is 40.9 Å². The number of rotatable bonds is 3. The van der Waals surface area contributed by atoms with Crippen LogP contribution in [0.2, 0.25) is 0 Å². The number of aromatic nitrogens is 1. The van der Waals surface area contributed by atoms with Crippen LogP contribution in [0, 0.1) is 0 Å². The van der Waals surface area contributed by atoms with Crippen LogP contribution in [-0.4, -0.2) is 11.3 Å². The molecule has 0 amide bonds. The molecule has 16 heavy (non-hydrogen) atoms. The summed E-state index contributed by atoms with van der Waals surface area (Å²) in [6, 6.07) is 5.94. The van der Waals surface area contributed by atoms with Crippen molar-refractivity contribution in [2.45, 2.75) is 19.8 Å². The van der Waals surface area contributed by atoms with Crippen molar-refractivity contribution in [2.24, 2.45) is 0 Å². The van der Waals surface area contributed by atoms with Crippen molar-refractivity contribution >= 4 is 17.6 Å². The van der Waals surface area contributed by atoms with E-state index in [4.69, 9.17) is 0 Å². The van der Waals surface area contributed by atoms with E-state index in [0.717, 1.165) is 28.0 Å². The summed E-state index contributed by atoms with van der Waals surface area (Å²) in [6.07, 6.45) is 2.70. The zero-order chi connectivity index (χ0) is 11.5. The van der Waals surface area contributed by atoms with Crippen LogP contribution in [0.4, 0.5) is 0 Å². The Hall–Kier alpha value is -1.48. The molecule has 0 unspecified atom stereocenters. The normalized spacial score (nSPS) is 10.7. The highest BCUT2D eigenvalue weighted by Gasteiger charge is 2.12. The lowest BCUT2D eigenvalue weighted by Crippen LogP contribution is -1.97. The van der Waals surface area contributed by atoms with Gasteiger partial charge in [-0.2, -0.15) is 0 Å². The summed E-state index contributed by atoms with van der Waals surface area (Å²) in [5.41, 5.74) is 2.80. The van der Waals surface area contributed by atoms with Crippen LogP contribution in [0.25, 0.3) is 10.6 Å². The third-order valence-electron chi connectivity index (χ3n) is 2.54. The third-order valence-corrected chi connectivity index (χ3v) is 3.35. The van der Waals surface area contributed by atoms with Crippen molar-refractivity contribution in [2.75, 3.05) is 0 Å². The van der Waals surface area contributed by atoms with E-state index in [0.29, 0.717) is 5.92 Å². The molecular weight excluding hydrogens is 218 g/mol. The van der Waals surface area contributed by atoms with E-state index in [1.165, 1.54) is 0 Å². The predicted octanol–water partition coefficient (Wildman–Crippen LogP) is 3.75. The quantitative estimate of drug-likeness (QED) is 0.753. The molecule has 0 saturated heterocycles. The van der Waals surface area contributed by atoms with Crippen molar-refractivity contribution in [1.82, 2.24) is 4.98 Å². The SMILES string of the molecule is CC(C)c1cccc(-c2nccs2)c1C=O. The maximum atomic E-state index is 11.2. The van der Waals surface area contributed by atoms with Gasteiger partial charge in [-0.05, 0) is 11.5 Å². The summed E-state index contributed by atoms with van der Waals surface area (Å²) in [5.74, 6) is 0.347. The zero-order valence-corrected chi connectivity index (χ0v) is 10.1. The van der Waals surface area contributed by atoms with Crippen LogP contribution in [0.3, 0.4) is 0 Å². The highest BCUT2D eigenvalue weighted by Crippen LogP contribution is 2.29. The Labute approximate surface area is 99.0 Å². The molecule has 82 valence electrons. The predicted molar refractivity (Wildman–Crippen MR) is 67.0 cm³/mol. The average molecular weight is 231 g/mol. The van der Waals surface area contributed by atoms with Crippen LogP contribution >= 0.6 is 11.3 Å². The molecule has 0 aliphatic heterocycles. The molecule has 2 aromatic rings. The molecule has 0 fully saturated rings. The summed E-state index contributed by atoms with van der Waals surface area (Å²) in [7, 11) is 0. The molecule has 0 N–H and O–H groups in total. The van der Waals surface area contributed by atoms with E-state index in [-0.39, 0.29) is 0 Å². The van der Waals surface area contributed by atoms with Gasteiger partial charge in [-0.3, -0.25) is 4.79 Å². The average Bonchev–Trinajstić information content (AvgIpc) is 2.81. The Morgan fingerprint density at radius 2 is 2.19 bits per heavy atom. The number of carbonyl (C=O) groups is 1. The van der Waals surface area contributed by atoms with Crippen LogP contribution in [-0.2, 0) is 0 Å². The van der Waals surface area contributed by atoms with E-state index in [1.807, 2.05) is 23.6 Å². The lowest BCUT2D eigenvalue weighted by Gasteiger charge is -2.11. The number of carbonyl (C=O) groups excluding carboxylic acids is 1. The van der Waals surface area contributed by atoms with Gasteiger partial charge in [-0.1, -0.05) is 32.0 Å². The Morgan fingerprint density at radius 1 is 1.38 bits per heavy atom. The highest BCUT2D eigenvalue weighted by atomic mass is 32.1. The Kier molecular flexibility index (Phi) is 3.15. The van der Waals surface area contributed by atoms with E-state index < -0.39 is 0 Å². The monoisotopic (exact) mass is 231 g/mol. The molecule has 0 bridgehead atoms. The van der Waals surface area contributed by atoms with Crippen LogP contribution in [0.1, 0.15) is 35.7 Å². The maximum Gasteiger partial charge on any atom is 0.151 e. The fraction of sp³-hybridized carbons (Fsp3) is 0.231. The second kappa shape index (κ2) is 4.58. The minimum atomic E-state index is 0.347. The number of aldehydes is 1. The number of thiazole rings is 1. The molecule has 0 aliphatic carbocycles. The van der Waals surface area contributed by atoms with Gasteiger partial charge < -0.3 is 0 Å². The molecule has 0 spiro atoms. The summed E-state index contributed by atoms with van der Waals surface area (Å²) in [6.45, 7) is 4.18. The molecule has 1 aromatic heterocycles. The van der Waals surface area contributed by atoms with E-state index in [9.17, 15) is 4.79 Å². The first-order valence-electron chi connectivity index (χ1n) is 5.22. The van der Waals surface area contributed by atoms with Crippen molar-refractivity contribution in [3.8, 4) is 10.6 Å². The molecule has 3 heteroatoms. The lowest BCUT2D eigenvalue weighted by molar-refractivity contribution is 0.112. The number of hydrogen-bond donors (Lipinski definition) is 0. The fourth-order valence-electron chi connectivity index (χ4n) is 1.76. The molecule has 1 heterocycles. The van der Waals surface area contributed by atoms with Crippen molar-refractivity contribution in [3.63, 3.8) is 0 Å². The first kappa shape index (κ1) is 11.0. The van der Waals surface area contributed by atoms with Crippen LogP contribution in [0.5, 0.6) is 0 Å². The van der Waals surface area contributed by atoms with E-state index in [2.05, 4.69) is 18.8 Å². The van der Waals surface area contributed by atoms with Gasteiger partial charge >= 0.3 is 0 Å². The largest absolute Gasteiger partial charge is 0.298 e. The van der Waals surface area contributed by atoms with Gasteiger partial charge in [0.1, 0.15) is 5.01 Å². The molecule has 0 atom stereocenters. The summed E-state index contributed by atoms with van der Waals surface area (Å²) < 4.78 is 0. The first-order valence-corrected chi connectivity index (χ1v) is 6.10. The van der Waals surface area contributed by atoms with E-state index >= 15 is 0 Å². The third kappa shape index (κ3) is 1.91. The van der Waals surface area contributed by atoms with Crippen LogP contribution in [0.15, 0.2) is 29.8 Å². The fourth-order valence-corrected chi connectivity index (χ4v) is 2.44. The second-order valence-corrected chi connectivity index (χ2v) is 4.81. The molecule has 2 rings (SSSR count). The summed E-state index contributed by atoms with van der Waals surface area (Å²) >= 11 is 1.56.